The average Bonchev–Trinajstić information content (AvgIpc) is 2.16. The van der Waals surface area contributed by atoms with Gasteiger partial charge in [0.15, 0.2) is 0 Å². The predicted molar refractivity (Wildman–Crippen MR) is 49.5 cm³/mol. The number of pyridine rings is 1. The molecule has 0 amide bonds. The summed E-state index contributed by atoms with van der Waals surface area (Å²) in [5, 5.41) is 1.59. The molecule has 0 bridgehead atoms. The number of nitrogens with one attached hydrogen (secondary N) is 1. The van der Waals surface area contributed by atoms with Crippen LogP contribution in [0.25, 0.3) is 10.8 Å². The first-order valence-corrected chi connectivity index (χ1v) is 3.82. The van der Waals surface area contributed by atoms with Gasteiger partial charge in [-0.3, -0.25) is 0 Å². The lowest BCUT2D eigenvalue weighted by molar-refractivity contribution is 0.630. The Kier molecular flexibility index (Phi) is 1.83. The summed E-state index contributed by atoms with van der Waals surface area (Å²) in [4.78, 5) is 4.00. The number of hydrazine groups is 1. The minimum Gasteiger partial charge on any atom is -0.308 e. The van der Waals surface area contributed by atoms with Gasteiger partial charge in [-0.15, -0.1) is 0 Å². The zero-order chi connectivity index (χ0) is 9.26. The molecule has 2 rings (SSSR count). The van der Waals surface area contributed by atoms with Gasteiger partial charge in [0.2, 0.25) is 0 Å². The highest BCUT2D eigenvalue weighted by atomic mass is 19.1. The fraction of sp³-hybridized carbons (Fsp3) is 0. The van der Waals surface area contributed by atoms with Crippen LogP contribution < -0.4 is 11.3 Å². The Labute approximate surface area is 74.4 Å². The maximum absolute atomic E-state index is 12.8. The molecule has 0 atom stereocenters. The van der Waals surface area contributed by atoms with E-state index in [1.54, 1.807) is 18.3 Å². The van der Waals surface area contributed by atoms with Gasteiger partial charge in [-0.2, -0.15) is 0 Å². The van der Waals surface area contributed by atoms with E-state index in [1.165, 1.54) is 12.1 Å². The molecule has 1 heterocycles. The zero-order valence-corrected chi connectivity index (χ0v) is 6.79. The topological polar surface area (TPSA) is 50.9 Å². The minimum absolute atomic E-state index is 0.262. The number of hydrogen-bond donors (Lipinski definition) is 2. The van der Waals surface area contributed by atoms with Crippen LogP contribution in [0.3, 0.4) is 0 Å². The van der Waals surface area contributed by atoms with E-state index in [9.17, 15) is 4.39 Å². The number of aromatic nitrogens is 1. The maximum Gasteiger partial charge on any atom is 0.147 e. The number of nitrogens with zero attached hydrogens (tertiary/aromatic N) is 1. The molecule has 0 fully saturated rings. The molecule has 0 aliphatic rings. The second-order valence-electron chi connectivity index (χ2n) is 2.67. The number of nitrogens with two attached hydrogens (primary N) is 1. The molecule has 3 N–H and O–H groups in total. The van der Waals surface area contributed by atoms with Crippen molar-refractivity contribution in [1.82, 2.24) is 4.98 Å². The van der Waals surface area contributed by atoms with Crippen LogP contribution >= 0.6 is 0 Å². The van der Waals surface area contributed by atoms with Crippen molar-refractivity contribution >= 4 is 16.6 Å². The number of benzene rings is 1. The molecule has 13 heavy (non-hydrogen) atoms. The van der Waals surface area contributed by atoms with Crippen LogP contribution in [0.1, 0.15) is 0 Å². The maximum atomic E-state index is 12.8. The van der Waals surface area contributed by atoms with Crippen LogP contribution in [0.15, 0.2) is 30.5 Å². The minimum atomic E-state index is -0.262. The molecule has 66 valence electrons. The standard InChI is InChI=1S/C9H8FN3/c10-7-1-2-8-6(5-7)3-4-12-9(8)13-11/h1-5H,11H2,(H,12,13). The summed E-state index contributed by atoms with van der Waals surface area (Å²) in [6, 6.07) is 6.20. The lowest BCUT2D eigenvalue weighted by atomic mass is 10.1. The molecule has 1 aromatic carbocycles. The average molecular weight is 177 g/mol. The highest BCUT2D eigenvalue weighted by molar-refractivity contribution is 5.91. The van der Waals surface area contributed by atoms with Gasteiger partial charge in [0.05, 0.1) is 0 Å². The van der Waals surface area contributed by atoms with E-state index in [1.807, 2.05) is 0 Å². The molecule has 3 nitrogen and oxygen atoms in total. The molecule has 0 saturated carbocycles. The van der Waals surface area contributed by atoms with E-state index in [-0.39, 0.29) is 5.82 Å². The van der Waals surface area contributed by atoms with Crippen molar-refractivity contribution in [2.75, 3.05) is 5.43 Å². The van der Waals surface area contributed by atoms with Gasteiger partial charge < -0.3 is 5.43 Å². The lowest BCUT2D eigenvalue weighted by Gasteiger charge is -2.03. The van der Waals surface area contributed by atoms with Crippen LogP contribution in [0, 0.1) is 5.82 Å². The second-order valence-corrected chi connectivity index (χ2v) is 2.67. The van der Waals surface area contributed by atoms with E-state index >= 15 is 0 Å². The molecule has 0 spiro atoms. The Morgan fingerprint density at radius 2 is 2.15 bits per heavy atom. The fourth-order valence-electron chi connectivity index (χ4n) is 1.26. The number of fused-ring (bicyclic) bond motifs is 1. The smallest absolute Gasteiger partial charge is 0.147 e. The van der Waals surface area contributed by atoms with Gasteiger partial charge in [0, 0.05) is 11.6 Å². The van der Waals surface area contributed by atoms with E-state index < -0.39 is 0 Å². The van der Waals surface area contributed by atoms with Crippen molar-refractivity contribution < 1.29 is 4.39 Å². The molecule has 2 aromatic rings. The molecule has 4 heteroatoms. The molecule has 1 aromatic heterocycles. The van der Waals surface area contributed by atoms with Crippen molar-refractivity contribution in [3.8, 4) is 0 Å². The van der Waals surface area contributed by atoms with E-state index in [4.69, 9.17) is 5.84 Å². The highest BCUT2D eigenvalue weighted by Gasteiger charge is 2.00. The number of nitrogen functional groups attached to an aromatic ring is 1. The first kappa shape index (κ1) is 7.94. The van der Waals surface area contributed by atoms with Crippen molar-refractivity contribution in [2.45, 2.75) is 0 Å². The Morgan fingerprint density at radius 1 is 1.31 bits per heavy atom. The van der Waals surface area contributed by atoms with Crippen LogP contribution in [-0.2, 0) is 0 Å². The Morgan fingerprint density at radius 3 is 2.92 bits per heavy atom. The van der Waals surface area contributed by atoms with Gasteiger partial charge in [0.1, 0.15) is 11.6 Å². The highest BCUT2D eigenvalue weighted by Crippen LogP contribution is 2.20. The SMILES string of the molecule is NNc1nccc2cc(F)ccc12. The summed E-state index contributed by atoms with van der Waals surface area (Å²) in [5.41, 5.74) is 2.46. The monoisotopic (exact) mass is 177 g/mol. The summed E-state index contributed by atoms with van der Waals surface area (Å²) in [6.07, 6.45) is 1.58. The molecule has 0 unspecified atom stereocenters. The first-order chi connectivity index (χ1) is 6.31. The van der Waals surface area contributed by atoms with E-state index in [0.29, 0.717) is 5.82 Å². The third-order valence-corrected chi connectivity index (χ3v) is 1.86. The molecular formula is C9H8FN3. The molecule has 0 radical (unpaired) electrons. The first-order valence-electron chi connectivity index (χ1n) is 3.82. The van der Waals surface area contributed by atoms with Gasteiger partial charge in [0.25, 0.3) is 0 Å². The van der Waals surface area contributed by atoms with Crippen LogP contribution in [0.5, 0.6) is 0 Å². The third kappa shape index (κ3) is 1.31. The van der Waals surface area contributed by atoms with E-state index in [0.717, 1.165) is 10.8 Å². The van der Waals surface area contributed by atoms with Gasteiger partial charge in [-0.1, -0.05) is 0 Å². The predicted octanol–water partition coefficient (Wildman–Crippen LogP) is 1.66. The molecule has 0 aliphatic carbocycles. The number of halogens is 1. The van der Waals surface area contributed by atoms with Crippen molar-refractivity contribution in [1.29, 1.82) is 0 Å². The third-order valence-electron chi connectivity index (χ3n) is 1.86. The Balaban J connectivity index is 2.77. The zero-order valence-electron chi connectivity index (χ0n) is 6.79. The van der Waals surface area contributed by atoms with Crippen LogP contribution in [0.2, 0.25) is 0 Å². The summed E-state index contributed by atoms with van der Waals surface area (Å²) in [5.74, 6) is 5.54. The number of anilines is 1. The quantitative estimate of drug-likeness (QED) is 0.514. The van der Waals surface area contributed by atoms with Crippen LogP contribution in [0.4, 0.5) is 10.2 Å². The number of hydrogen-bond acceptors (Lipinski definition) is 3. The summed E-state index contributed by atoms with van der Waals surface area (Å²) >= 11 is 0. The van der Waals surface area contributed by atoms with Crippen molar-refractivity contribution in [3.63, 3.8) is 0 Å². The number of rotatable bonds is 1. The molecule has 0 aliphatic heterocycles. The molecule has 0 saturated heterocycles. The lowest BCUT2D eigenvalue weighted by Crippen LogP contribution is -2.08. The Bertz CT molecular complexity index is 442. The summed E-state index contributed by atoms with van der Waals surface area (Å²) in [6.45, 7) is 0. The largest absolute Gasteiger partial charge is 0.308 e. The summed E-state index contributed by atoms with van der Waals surface area (Å²) < 4.78 is 12.8. The summed E-state index contributed by atoms with van der Waals surface area (Å²) in [7, 11) is 0. The van der Waals surface area contributed by atoms with Crippen molar-refractivity contribution in [3.05, 3.63) is 36.3 Å². The van der Waals surface area contributed by atoms with Gasteiger partial charge in [-0.25, -0.2) is 15.2 Å². The van der Waals surface area contributed by atoms with Crippen molar-refractivity contribution in [2.24, 2.45) is 5.84 Å². The normalized spacial score (nSPS) is 10.3. The fourth-order valence-corrected chi connectivity index (χ4v) is 1.26. The second kappa shape index (κ2) is 2.99. The van der Waals surface area contributed by atoms with Crippen LogP contribution in [-0.4, -0.2) is 4.98 Å². The Hall–Kier alpha value is -1.68. The van der Waals surface area contributed by atoms with Gasteiger partial charge >= 0.3 is 0 Å². The molecular weight excluding hydrogens is 169 g/mol. The van der Waals surface area contributed by atoms with E-state index in [2.05, 4.69) is 10.4 Å². The van der Waals surface area contributed by atoms with Gasteiger partial charge in [-0.05, 0) is 29.7 Å².